The van der Waals surface area contributed by atoms with E-state index in [0.717, 1.165) is 0 Å². The van der Waals surface area contributed by atoms with Crippen molar-refractivity contribution in [3.63, 3.8) is 0 Å². The Kier molecular flexibility index (Phi) is 4.98. The highest BCUT2D eigenvalue weighted by Crippen LogP contribution is 2.17. The summed E-state index contributed by atoms with van der Waals surface area (Å²) < 4.78 is 13.6. The first-order chi connectivity index (χ1) is 12.5. The summed E-state index contributed by atoms with van der Waals surface area (Å²) in [6.45, 7) is 1.47. The minimum absolute atomic E-state index is 0.0494. The van der Waals surface area contributed by atoms with Gasteiger partial charge in [-0.1, -0.05) is 12.1 Å². The quantitative estimate of drug-likeness (QED) is 0.684. The van der Waals surface area contributed by atoms with Crippen molar-refractivity contribution in [2.75, 3.05) is 10.6 Å². The molecule has 6 nitrogen and oxygen atoms in total. The number of anilines is 3. The fourth-order valence-electron chi connectivity index (χ4n) is 2.19. The molecule has 1 heterocycles. The number of Topliss-reactive ketones (excluding diaryl/α,β-unsaturated/α-hetero) is 1. The van der Waals surface area contributed by atoms with Gasteiger partial charge in [0.2, 0.25) is 0 Å². The molecule has 3 aromatic rings. The monoisotopic (exact) mass is 350 g/mol. The van der Waals surface area contributed by atoms with E-state index in [4.69, 9.17) is 0 Å². The Hall–Kier alpha value is -3.61. The molecule has 0 fully saturated rings. The van der Waals surface area contributed by atoms with Crippen LogP contribution in [0, 0.1) is 5.82 Å². The molecule has 1 amide bonds. The van der Waals surface area contributed by atoms with Crippen LogP contribution >= 0.6 is 0 Å². The second-order valence-corrected chi connectivity index (χ2v) is 5.48. The van der Waals surface area contributed by atoms with E-state index in [9.17, 15) is 14.0 Å². The molecule has 2 aromatic carbocycles. The topological polar surface area (TPSA) is 84.0 Å². The van der Waals surface area contributed by atoms with Crippen LogP contribution in [0.3, 0.4) is 0 Å². The van der Waals surface area contributed by atoms with Crippen LogP contribution < -0.4 is 10.6 Å². The predicted octanol–water partition coefficient (Wildman–Crippen LogP) is 3.81. The molecule has 2 N–H and O–H groups in total. The Balaban J connectivity index is 1.67. The van der Waals surface area contributed by atoms with Crippen LogP contribution in [-0.2, 0) is 0 Å². The number of hydrogen-bond donors (Lipinski definition) is 2. The van der Waals surface area contributed by atoms with E-state index in [1.165, 1.54) is 25.4 Å². The number of amides is 1. The zero-order chi connectivity index (χ0) is 18.5. The van der Waals surface area contributed by atoms with Gasteiger partial charge in [0.05, 0.1) is 18.1 Å². The van der Waals surface area contributed by atoms with E-state index < -0.39 is 11.7 Å². The third kappa shape index (κ3) is 4.07. The molecule has 1 aromatic heterocycles. The smallest absolute Gasteiger partial charge is 0.275 e. The van der Waals surface area contributed by atoms with Gasteiger partial charge >= 0.3 is 0 Å². The standard InChI is InChI=1S/C19H15FN4O2/c1-12(25)13-6-8-14(9-7-13)23-19(26)17-10-22-18(11-21-17)24-16-5-3-2-4-15(16)20/h2-11H,1H3,(H,22,24)(H,23,26). The number of nitrogens with one attached hydrogen (secondary N) is 2. The summed E-state index contributed by atoms with van der Waals surface area (Å²) in [6, 6.07) is 12.7. The maximum atomic E-state index is 13.6. The average molecular weight is 350 g/mol. The molecule has 26 heavy (non-hydrogen) atoms. The lowest BCUT2D eigenvalue weighted by Gasteiger charge is -2.08. The van der Waals surface area contributed by atoms with Crippen LogP contribution in [0.4, 0.5) is 21.6 Å². The van der Waals surface area contributed by atoms with Crippen molar-refractivity contribution in [3.8, 4) is 0 Å². The van der Waals surface area contributed by atoms with Gasteiger partial charge in [-0.3, -0.25) is 9.59 Å². The van der Waals surface area contributed by atoms with Crippen molar-refractivity contribution in [1.29, 1.82) is 0 Å². The summed E-state index contributed by atoms with van der Waals surface area (Å²) >= 11 is 0. The molecule has 0 radical (unpaired) electrons. The zero-order valence-electron chi connectivity index (χ0n) is 13.9. The summed E-state index contributed by atoms with van der Waals surface area (Å²) in [5.74, 6) is -0.584. The van der Waals surface area contributed by atoms with Crippen molar-refractivity contribution < 1.29 is 14.0 Å². The van der Waals surface area contributed by atoms with Crippen molar-refractivity contribution in [1.82, 2.24) is 9.97 Å². The summed E-state index contributed by atoms with van der Waals surface area (Å²) in [6.07, 6.45) is 2.64. The second-order valence-electron chi connectivity index (χ2n) is 5.48. The van der Waals surface area contributed by atoms with Gasteiger partial charge in [-0.25, -0.2) is 14.4 Å². The Morgan fingerprint density at radius 1 is 0.962 bits per heavy atom. The van der Waals surface area contributed by atoms with E-state index in [1.54, 1.807) is 42.5 Å². The first-order valence-corrected chi connectivity index (χ1v) is 7.79. The summed E-state index contributed by atoms with van der Waals surface area (Å²) in [5.41, 5.74) is 1.48. The van der Waals surface area contributed by atoms with Gasteiger partial charge in [0.25, 0.3) is 5.91 Å². The number of benzene rings is 2. The number of carbonyl (C=O) groups is 2. The van der Waals surface area contributed by atoms with Gasteiger partial charge < -0.3 is 10.6 Å². The van der Waals surface area contributed by atoms with Gasteiger partial charge in [0.1, 0.15) is 17.3 Å². The zero-order valence-corrected chi connectivity index (χ0v) is 13.9. The summed E-state index contributed by atoms with van der Waals surface area (Å²) in [7, 11) is 0. The lowest BCUT2D eigenvalue weighted by molar-refractivity contribution is 0.101. The van der Waals surface area contributed by atoms with E-state index >= 15 is 0 Å². The molecule has 130 valence electrons. The molecule has 0 unspecified atom stereocenters. The second kappa shape index (κ2) is 7.52. The SMILES string of the molecule is CC(=O)c1ccc(NC(=O)c2cnc(Nc3ccccc3F)cn2)cc1. The molecule has 0 bridgehead atoms. The normalized spacial score (nSPS) is 10.2. The molecule has 0 aliphatic carbocycles. The number of aromatic nitrogens is 2. The fourth-order valence-corrected chi connectivity index (χ4v) is 2.19. The van der Waals surface area contributed by atoms with Crippen LogP contribution in [0.15, 0.2) is 60.9 Å². The third-order valence-corrected chi connectivity index (χ3v) is 3.57. The Morgan fingerprint density at radius 2 is 1.69 bits per heavy atom. The Bertz CT molecular complexity index is 941. The van der Waals surface area contributed by atoms with Crippen molar-refractivity contribution >= 4 is 28.9 Å². The highest BCUT2D eigenvalue weighted by molar-refractivity contribution is 6.03. The summed E-state index contributed by atoms with van der Waals surface area (Å²) in [4.78, 5) is 31.5. The van der Waals surface area contributed by atoms with Crippen molar-refractivity contribution in [2.45, 2.75) is 6.92 Å². The van der Waals surface area contributed by atoms with E-state index in [-0.39, 0.29) is 17.2 Å². The van der Waals surface area contributed by atoms with Gasteiger partial charge in [-0.2, -0.15) is 0 Å². The number of ketones is 1. The first kappa shape index (κ1) is 17.2. The van der Waals surface area contributed by atoms with Gasteiger partial charge in [-0.05, 0) is 43.3 Å². The molecule has 0 atom stereocenters. The summed E-state index contributed by atoms with van der Waals surface area (Å²) in [5, 5.41) is 5.46. The maximum absolute atomic E-state index is 13.6. The highest BCUT2D eigenvalue weighted by Gasteiger charge is 2.10. The highest BCUT2D eigenvalue weighted by atomic mass is 19.1. The minimum Gasteiger partial charge on any atom is -0.337 e. The molecule has 0 saturated heterocycles. The van der Waals surface area contributed by atoms with Crippen molar-refractivity contribution in [2.24, 2.45) is 0 Å². The molecule has 0 aliphatic heterocycles. The molecule has 0 aliphatic rings. The minimum atomic E-state index is -0.439. The van der Waals surface area contributed by atoms with E-state index in [2.05, 4.69) is 20.6 Å². The number of halogens is 1. The van der Waals surface area contributed by atoms with E-state index in [1.807, 2.05) is 0 Å². The predicted molar refractivity (Wildman–Crippen MR) is 96.1 cm³/mol. The van der Waals surface area contributed by atoms with Crippen LogP contribution in [0.1, 0.15) is 27.8 Å². The molecule has 7 heteroatoms. The number of para-hydroxylation sites is 1. The Labute approximate surface area is 149 Å². The lowest BCUT2D eigenvalue weighted by Crippen LogP contribution is -2.14. The number of nitrogens with zero attached hydrogens (tertiary/aromatic N) is 2. The van der Waals surface area contributed by atoms with Gasteiger partial charge in [-0.15, -0.1) is 0 Å². The average Bonchev–Trinajstić information content (AvgIpc) is 2.64. The largest absolute Gasteiger partial charge is 0.337 e. The van der Waals surface area contributed by atoms with Crippen LogP contribution in [0.5, 0.6) is 0 Å². The van der Waals surface area contributed by atoms with Gasteiger partial charge in [0, 0.05) is 11.3 Å². The maximum Gasteiger partial charge on any atom is 0.275 e. The third-order valence-electron chi connectivity index (χ3n) is 3.57. The van der Waals surface area contributed by atoms with E-state index in [0.29, 0.717) is 17.1 Å². The molecule has 3 rings (SSSR count). The number of carbonyl (C=O) groups excluding carboxylic acids is 2. The number of hydrogen-bond acceptors (Lipinski definition) is 5. The molecule has 0 saturated carbocycles. The number of rotatable bonds is 5. The van der Waals surface area contributed by atoms with Gasteiger partial charge in [0.15, 0.2) is 5.78 Å². The van der Waals surface area contributed by atoms with Crippen molar-refractivity contribution in [3.05, 3.63) is 78.0 Å². The molecular weight excluding hydrogens is 335 g/mol. The lowest BCUT2D eigenvalue weighted by atomic mass is 10.1. The molecule has 0 spiro atoms. The van der Waals surface area contributed by atoms with Crippen LogP contribution in [0.2, 0.25) is 0 Å². The first-order valence-electron chi connectivity index (χ1n) is 7.79. The van der Waals surface area contributed by atoms with Crippen LogP contribution in [-0.4, -0.2) is 21.7 Å². The fraction of sp³-hybridized carbons (Fsp3) is 0.0526. The van der Waals surface area contributed by atoms with Crippen LogP contribution in [0.25, 0.3) is 0 Å². The Morgan fingerprint density at radius 3 is 2.31 bits per heavy atom. The molecular formula is C19H15FN4O2.